The molecule has 1 amide bonds. The largest absolute Gasteiger partial charge is 0.481 e. The van der Waals surface area contributed by atoms with Gasteiger partial charge < -0.3 is 15.2 Å². The van der Waals surface area contributed by atoms with Crippen LogP contribution in [0, 0.1) is 5.41 Å². The maximum absolute atomic E-state index is 11.9. The summed E-state index contributed by atoms with van der Waals surface area (Å²) in [5.74, 6) is -0.804. The van der Waals surface area contributed by atoms with Crippen molar-refractivity contribution in [1.29, 1.82) is 0 Å². The number of thioether (sulfide) groups is 1. The second kappa shape index (κ2) is 7.85. The van der Waals surface area contributed by atoms with Crippen LogP contribution in [0.5, 0.6) is 0 Å². The molecule has 5 nitrogen and oxygen atoms in total. The molecule has 0 unspecified atom stereocenters. The Labute approximate surface area is 138 Å². The SMILES string of the molecule is O=C(CSc1ccc(Cl)cc1)NCC1(C(=O)O)CCOCC1. The van der Waals surface area contributed by atoms with Gasteiger partial charge in [-0.2, -0.15) is 0 Å². The zero-order valence-corrected chi connectivity index (χ0v) is 13.6. The molecule has 0 spiro atoms. The van der Waals surface area contributed by atoms with Gasteiger partial charge in [0.1, 0.15) is 0 Å². The van der Waals surface area contributed by atoms with E-state index in [9.17, 15) is 14.7 Å². The fraction of sp³-hybridized carbons (Fsp3) is 0.467. The van der Waals surface area contributed by atoms with Gasteiger partial charge in [-0.25, -0.2) is 0 Å². The van der Waals surface area contributed by atoms with Crippen molar-refractivity contribution in [2.45, 2.75) is 17.7 Å². The third kappa shape index (κ3) is 4.63. The molecule has 0 aromatic heterocycles. The van der Waals surface area contributed by atoms with Crippen molar-refractivity contribution in [3.8, 4) is 0 Å². The molecule has 22 heavy (non-hydrogen) atoms. The van der Waals surface area contributed by atoms with Gasteiger partial charge >= 0.3 is 5.97 Å². The lowest BCUT2D eigenvalue weighted by atomic mass is 9.80. The predicted molar refractivity (Wildman–Crippen MR) is 85.3 cm³/mol. The number of hydrogen-bond donors (Lipinski definition) is 2. The van der Waals surface area contributed by atoms with Gasteiger partial charge in [-0.05, 0) is 37.1 Å². The van der Waals surface area contributed by atoms with Gasteiger partial charge in [0.2, 0.25) is 5.91 Å². The molecular weight excluding hydrogens is 326 g/mol. The molecule has 2 rings (SSSR count). The maximum Gasteiger partial charge on any atom is 0.311 e. The molecule has 0 bridgehead atoms. The molecule has 1 aliphatic rings. The summed E-state index contributed by atoms with van der Waals surface area (Å²) in [6, 6.07) is 7.22. The number of carbonyl (C=O) groups excluding carboxylic acids is 1. The summed E-state index contributed by atoms with van der Waals surface area (Å²) in [5.41, 5.74) is -0.904. The average molecular weight is 344 g/mol. The lowest BCUT2D eigenvalue weighted by Gasteiger charge is -2.33. The van der Waals surface area contributed by atoms with Gasteiger partial charge in [0.05, 0.1) is 11.2 Å². The van der Waals surface area contributed by atoms with E-state index in [2.05, 4.69) is 5.32 Å². The molecule has 7 heteroatoms. The van der Waals surface area contributed by atoms with Crippen LogP contribution in [0.3, 0.4) is 0 Å². The van der Waals surface area contributed by atoms with Gasteiger partial charge in [-0.1, -0.05) is 11.6 Å². The summed E-state index contributed by atoms with van der Waals surface area (Å²) in [7, 11) is 0. The lowest BCUT2D eigenvalue weighted by Crippen LogP contribution is -2.46. The summed E-state index contributed by atoms with van der Waals surface area (Å²) in [6.45, 7) is 0.981. The minimum Gasteiger partial charge on any atom is -0.481 e. The number of aliphatic carboxylic acids is 1. The molecular formula is C15H18ClNO4S. The van der Waals surface area contributed by atoms with E-state index in [4.69, 9.17) is 16.3 Å². The monoisotopic (exact) mass is 343 g/mol. The highest BCUT2D eigenvalue weighted by molar-refractivity contribution is 8.00. The van der Waals surface area contributed by atoms with E-state index in [1.807, 2.05) is 12.1 Å². The Kier molecular flexibility index (Phi) is 6.11. The van der Waals surface area contributed by atoms with E-state index in [0.717, 1.165) is 4.90 Å². The minimum absolute atomic E-state index is 0.145. The zero-order chi connectivity index (χ0) is 16.0. The van der Waals surface area contributed by atoms with Crippen LogP contribution in [0.4, 0.5) is 0 Å². The molecule has 1 aliphatic heterocycles. The van der Waals surface area contributed by atoms with Gasteiger partial charge in [0, 0.05) is 29.7 Å². The Balaban J connectivity index is 1.81. The maximum atomic E-state index is 11.9. The molecule has 120 valence electrons. The van der Waals surface area contributed by atoms with Gasteiger partial charge in [0.15, 0.2) is 0 Å². The van der Waals surface area contributed by atoms with Crippen LogP contribution in [0.1, 0.15) is 12.8 Å². The number of amides is 1. The number of carboxylic acids is 1. The van der Waals surface area contributed by atoms with E-state index in [1.165, 1.54) is 11.8 Å². The summed E-state index contributed by atoms with van der Waals surface area (Å²) in [6.07, 6.45) is 0.847. The molecule has 1 heterocycles. The van der Waals surface area contributed by atoms with Crippen molar-refractivity contribution >= 4 is 35.2 Å². The summed E-state index contributed by atoms with van der Waals surface area (Å²) in [5, 5.41) is 12.8. The van der Waals surface area contributed by atoms with Crippen LogP contribution < -0.4 is 5.32 Å². The number of rotatable bonds is 6. The molecule has 1 aromatic carbocycles. The number of benzene rings is 1. The number of hydrogen-bond acceptors (Lipinski definition) is 4. The molecule has 1 saturated heterocycles. The number of carboxylic acid groups (broad SMARTS) is 1. The third-order valence-corrected chi connectivity index (χ3v) is 4.98. The Hall–Kier alpha value is -1.24. The van der Waals surface area contributed by atoms with Crippen LogP contribution in [-0.4, -0.2) is 42.5 Å². The molecule has 1 fully saturated rings. The minimum atomic E-state index is -0.904. The first kappa shape index (κ1) is 17.1. The van der Waals surface area contributed by atoms with Crippen molar-refractivity contribution in [3.63, 3.8) is 0 Å². The van der Waals surface area contributed by atoms with Crippen molar-refractivity contribution in [1.82, 2.24) is 5.32 Å². The molecule has 2 N–H and O–H groups in total. The quantitative estimate of drug-likeness (QED) is 0.776. The van der Waals surface area contributed by atoms with Crippen LogP contribution >= 0.6 is 23.4 Å². The van der Waals surface area contributed by atoms with Crippen LogP contribution in [0.2, 0.25) is 5.02 Å². The first-order valence-corrected chi connectivity index (χ1v) is 8.34. The highest BCUT2D eigenvalue weighted by Crippen LogP contribution is 2.30. The predicted octanol–water partition coefficient (Wildman–Crippen LogP) is 2.43. The number of halogens is 1. The van der Waals surface area contributed by atoms with E-state index in [1.54, 1.807) is 12.1 Å². The second-order valence-corrected chi connectivity index (χ2v) is 6.70. The van der Waals surface area contributed by atoms with Gasteiger partial charge in [0.25, 0.3) is 0 Å². The highest BCUT2D eigenvalue weighted by Gasteiger charge is 2.40. The Morgan fingerprint density at radius 3 is 2.50 bits per heavy atom. The first-order valence-electron chi connectivity index (χ1n) is 6.98. The van der Waals surface area contributed by atoms with Gasteiger partial charge in [-0.3, -0.25) is 9.59 Å². The highest BCUT2D eigenvalue weighted by atomic mass is 35.5. The smallest absolute Gasteiger partial charge is 0.311 e. The summed E-state index contributed by atoms with van der Waals surface area (Å²) in [4.78, 5) is 24.3. The fourth-order valence-corrected chi connectivity index (χ4v) is 3.08. The Morgan fingerprint density at radius 2 is 1.91 bits per heavy atom. The van der Waals surface area contributed by atoms with Crippen LogP contribution in [0.15, 0.2) is 29.2 Å². The third-order valence-electron chi connectivity index (χ3n) is 3.71. The Morgan fingerprint density at radius 1 is 1.27 bits per heavy atom. The standard InChI is InChI=1S/C15H18ClNO4S/c16-11-1-3-12(4-2-11)22-9-13(18)17-10-15(14(19)20)5-7-21-8-6-15/h1-4H,5-10H2,(H,17,18)(H,19,20). The molecule has 0 saturated carbocycles. The van der Waals surface area contributed by atoms with E-state index in [0.29, 0.717) is 31.1 Å². The van der Waals surface area contributed by atoms with Gasteiger partial charge in [-0.15, -0.1) is 11.8 Å². The van der Waals surface area contributed by atoms with E-state index < -0.39 is 11.4 Å². The summed E-state index contributed by atoms with van der Waals surface area (Å²) < 4.78 is 5.21. The lowest BCUT2D eigenvalue weighted by molar-refractivity contribution is -0.154. The van der Waals surface area contributed by atoms with Crippen LogP contribution in [-0.2, 0) is 14.3 Å². The van der Waals surface area contributed by atoms with Crippen molar-refractivity contribution in [2.24, 2.45) is 5.41 Å². The molecule has 0 atom stereocenters. The van der Waals surface area contributed by atoms with E-state index >= 15 is 0 Å². The zero-order valence-electron chi connectivity index (χ0n) is 12.0. The Bertz CT molecular complexity index is 529. The number of ether oxygens (including phenoxy) is 1. The summed E-state index contributed by atoms with van der Waals surface area (Å²) >= 11 is 7.19. The molecule has 0 radical (unpaired) electrons. The van der Waals surface area contributed by atoms with Crippen molar-refractivity contribution in [2.75, 3.05) is 25.5 Å². The molecule has 0 aliphatic carbocycles. The molecule has 1 aromatic rings. The van der Waals surface area contributed by atoms with Crippen molar-refractivity contribution < 1.29 is 19.4 Å². The van der Waals surface area contributed by atoms with E-state index in [-0.39, 0.29) is 18.2 Å². The van der Waals surface area contributed by atoms with Crippen LogP contribution in [0.25, 0.3) is 0 Å². The fourth-order valence-electron chi connectivity index (χ4n) is 2.23. The number of carbonyl (C=O) groups is 2. The normalized spacial score (nSPS) is 17.0. The average Bonchev–Trinajstić information content (AvgIpc) is 2.53. The first-order chi connectivity index (χ1) is 10.5. The van der Waals surface area contributed by atoms with Crippen molar-refractivity contribution in [3.05, 3.63) is 29.3 Å². The number of nitrogens with one attached hydrogen (secondary N) is 1. The topological polar surface area (TPSA) is 75.6 Å². The second-order valence-electron chi connectivity index (χ2n) is 5.22.